The van der Waals surface area contributed by atoms with Crippen molar-refractivity contribution < 1.29 is 9.84 Å². The molecule has 2 aromatic heterocycles. The quantitative estimate of drug-likeness (QED) is 0.198. The second-order valence-electron chi connectivity index (χ2n) is 7.61. The highest BCUT2D eigenvalue weighted by Crippen LogP contribution is 2.18. The molecule has 9 heteroatoms. The number of benzene rings is 2. The van der Waals surface area contributed by atoms with Gasteiger partial charge in [0.15, 0.2) is 0 Å². The summed E-state index contributed by atoms with van der Waals surface area (Å²) in [6.07, 6.45) is 5.66. The Morgan fingerprint density at radius 2 is 1.26 bits per heavy atom. The molecule has 188 valence electrons. The smallest absolute Gasteiger partial charge is 0.258 e. The molecule has 0 atom stereocenters. The lowest BCUT2D eigenvalue weighted by molar-refractivity contribution is 0.319. The summed E-state index contributed by atoms with van der Waals surface area (Å²) < 4.78 is 8.63. The highest BCUT2D eigenvalue weighted by atomic mass is 79.9. The minimum absolute atomic E-state index is 0.00782. The Morgan fingerprint density at radius 3 is 1.77 bits per heavy atom. The zero-order valence-electron chi connectivity index (χ0n) is 19.7. The minimum Gasteiger partial charge on any atom is -0.508 e. The van der Waals surface area contributed by atoms with Crippen LogP contribution < -0.4 is 15.9 Å². The topological polar surface area (TPSA) is 73.5 Å². The lowest BCUT2D eigenvalue weighted by Crippen LogP contribution is -2.15. The fourth-order valence-corrected chi connectivity index (χ4v) is 4.57. The molecule has 0 radical (unpaired) electrons. The van der Waals surface area contributed by atoms with Crippen LogP contribution in [0.25, 0.3) is 21.5 Å². The van der Waals surface area contributed by atoms with Crippen molar-refractivity contribution in [2.75, 3.05) is 22.6 Å². The predicted octanol–water partition coefficient (Wildman–Crippen LogP) is 6.11. The third kappa shape index (κ3) is 8.81. The van der Waals surface area contributed by atoms with Gasteiger partial charge in [0.2, 0.25) is 0 Å². The number of ether oxygens (including phenoxy) is 1. The molecule has 0 amide bonds. The highest BCUT2D eigenvalue weighted by Gasteiger charge is 2.03. The Balaban J connectivity index is 0.000000212. The van der Waals surface area contributed by atoms with Crippen molar-refractivity contribution in [2.45, 2.75) is 12.8 Å². The van der Waals surface area contributed by atoms with E-state index in [0.29, 0.717) is 17.4 Å². The van der Waals surface area contributed by atoms with Crippen molar-refractivity contribution in [1.82, 2.24) is 9.13 Å². The van der Waals surface area contributed by atoms with Gasteiger partial charge in [0.25, 0.3) is 11.1 Å². The van der Waals surface area contributed by atoms with E-state index < -0.39 is 0 Å². The van der Waals surface area contributed by atoms with Crippen molar-refractivity contribution in [1.29, 1.82) is 0 Å². The largest absolute Gasteiger partial charge is 0.508 e. The summed E-state index contributed by atoms with van der Waals surface area (Å²) in [6.45, 7) is 0.657. The lowest BCUT2D eigenvalue weighted by atomic mass is 10.1. The molecule has 0 aliphatic carbocycles. The number of phenols is 1. The first-order chi connectivity index (χ1) is 16.8. The van der Waals surface area contributed by atoms with Crippen LogP contribution in [-0.2, 0) is 14.1 Å². The van der Waals surface area contributed by atoms with Crippen LogP contribution in [0.2, 0.25) is 0 Å². The van der Waals surface area contributed by atoms with Crippen molar-refractivity contribution in [3.63, 3.8) is 0 Å². The van der Waals surface area contributed by atoms with Gasteiger partial charge in [0.05, 0.1) is 17.4 Å². The van der Waals surface area contributed by atoms with Crippen LogP contribution in [0.1, 0.15) is 12.8 Å². The molecule has 0 saturated heterocycles. The molecule has 2 heterocycles. The number of alkyl halides is 3. The number of aromatic nitrogens is 2. The standard InChI is InChI=1S/C13H14BrNO2.C10H9NO2.C3H6Br2/c1-15-7-5-10-3-4-11(17-8-2-6-14)9-12(10)13(15)16;1-11-5-4-7-2-3-8(12)6-9(7)10(11)13;4-2-1-3-5/h3-5,7,9H,2,6,8H2,1H3;2-6,12H,1H3;1-3H2. The van der Waals surface area contributed by atoms with Crippen LogP contribution in [0.3, 0.4) is 0 Å². The van der Waals surface area contributed by atoms with Gasteiger partial charge in [-0.25, -0.2) is 0 Å². The van der Waals surface area contributed by atoms with Gasteiger partial charge in [0.1, 0.15) is 11.5 Å². The molecule has 0 fully saturated rings. The first kappa shape index (κ1) is 29.1. The number of rotatable bonds is 6. The molecule has 0 spiro atoms. The second kappa shape index (κ2) is 15.1. The summed E-state index contributed by atoms with van der Waals surface area (Å²) in [5.74, 6) is 0.873. The van der Waals surface area contributed by atoms with Gasteiger partial charge in [0, 0.05) is 42.5 Å². The maximum Gasteiger partial charge on any atom is 0.258 e. The molecular weight excluding hydrogens is 644 g/mol. The molecule has 0 saturated carbocycles. The number of fused-ring (bicyclic) bond motifs is 2. The van der Waals surface area contributed by atoms with Gasteiger partial charge in [-0.2, -0.15) is 0 Å². The summed E-state index contributed by atoms with van der Waals surface area (Å²) in [6, 6.07) is 14.2. The Bertz CT molecular complexity index is 1350. The van der Waals surface area contributed by atoms with Crippen molar-refractivity contribution >= 4 is 69.3 Å². The average molecular weight is 673 g/mol. The van der Waals surface area contributed by atoms with Gasteiger partial charge in [-0.1, -0.05) is 59.9 Å². The molecule has 2 aromatic carbocycles. The number of phenolic OH excluding ortho intramolecular Hbond substituents is 1. The van der Waals surface area contributed by atoms with E-state index in [1.54, 1.807) is 43.2 Å². The molecule has 6 nitrogen and oxygen atoms in total. The van der Waals surface area contributed by atoms with Crippen LogP contribution in [0.5, 0.6) is 11.5 Å². The fourth-order valence-electron chi connectivity index (χ4n) is 3.03. The van der Waals surface area contributed by atoms with E-state index in [9.17, 15) is 14.7 Å². The lowest BCUT2D eigenvalue weighted by Gasteiger charge is -2.06. The Labute approximate surface area is 229 Å². The summed E-state index contributed by atoms with van der Waals surface area (Å²) in [7, 11) is 3.44. The van der Waals surface area contributed by atoms with E-state index in [1.165, 1.54) is 17.1 Å². The first-order valence-corrected chi connectivity index (χ1v) is 14.4. The molecule has 4 aromatic rings. The van der Waals surface area contributed by atoms with E-state index >= 15 is 0 Å². The zero-order valence-corrected chi connectivity index (χ0v) is 24.5. The number of aryl methyl sites for hydroxylation is 2. The predicted molar refractivity (Wildman–Crippen MR) is 156 cm³/mol. The Morgan fingerprint density at radius 1 is 0.743 bits per heavy atom. The maximum atomic E-state index is 11.9. The fraction of sp³-hybridized carbons (Fsp3) is 0.308. The van der Waals surface area contributed by atoms with Gasteiger partial charge >= 0.3 is 0 Å². The molecule has 4 rings (SSSR count). The van der Waals surface area contributed by atoms with E-state index in [2.05, 4.69) is 47.8 Å². The maximum absolute atomic E-state index is 11.9. The molecule has 0 aliphatic heterocycles. The summed E-state index contributed by atoms with van der Waals surface area (Å²) in [5, 5.41) is 15.4. The Kier molecular flexibility index (Phi) is 12.6. The van der Waals surface area contributed by atoms with Crippen LogP contribution in [0, 0.1) is 0 Å². The van der Waals surface area contributed by atoms with Crippen molar-refractivity contribution in [3.8, 4) is 11.5 Å². The molecule has 35 heavy (non-hydrogen) atoms. The number of halogens is 3. The van der Waals surface area contributed by atoms with E-state index in [0.717, 1.165) is 38.9 Å². The summed E-state index contributed by atoms with van der Waals surface area (Å²) in [5.41, 5.74) is -0.0816. The van der Waals surface area contributed by atoms with E-state index in [4.69, 9.17) is 4.74 Å². The number of hydrogen-bond acceptors (Lipinski definition) is 4. The van der Waals surface area contributed by atoms with Gasteiger partial charge in [-0.15, -0.1) is 0 Å². The third-order valence-corrected chi connectivity index (χ3v) is 6.61. The Hall–Kier alpha value is -2.10. The number of hydrogen-bond donors (Lipinski definition) is 1. The molecular formula is C26H29Br3N2O4. The molecule has 0 aliphatic rings. The summed E-state index contributed by atoms with van der Waals surface area (Å²) >= 11 is 9.91. The monoisotopic (exact) mass is 670 g/mol. The molecule has 1 N–H and O–H groups in total. The SMILES string of the molecule is BrCCCBr.Cn1ccc2ccc(O)cc2c1=O.Cn1ccc2ccc(OCCCBr)cc2c1=O. The zero-order chi connectivity index (χ0) is 25.8. The molecule has 0 bridgehead atoms. The van der Waals surface area contributed by atoms with Crippen LogP contribution in [-0.4, -0.2) is 36.8 Å². The third-order valence-electron chi connectivity index (χ3n) is 4.93. The van der Waals surface area contributed by atoms with Crippen molar-refractivity contribution in [2.24, 2.45) is 14.1 Å². The van der Waals surface area contributed by atoms with Crippen LogP contribution in [0.15, 0.2) is 70.5 Å². The van der Waals surface area contributed by atoms with Crippen LogP contribution >= 0.6 is 47.8 Å². The average Bonchev–Trinajstić information content (AvgIpc) is 2.86. The van der Waals surface area contributed by atoms with Crippen LogP contribution in [0.4, 0.5) is 0 Å². The molecule has 0 unspecified atom stereocenters. The number of nitrogens with zero attached hydrogens (tertiary/aromatic N) is 2. The van der Waals surface area contributed by atoms with Crippen molar-refractivity contribution in [3.05, 3.63) is 81.6 Å². The van der Waals surface area contributed by atoms with Gasteiger partial charge in [-0.05, 0) is 60.0 Å². The number of pyridine rings is 2. The first-order valence-electron chi connectivity index (χ1n) is 11.0. The number of aromatic hydroxyl groups is 1. The van der Waals surface area contributed by atoms with Gasteiger partial charge < -0.3 is 19.0 Å². The minimum atomic E-state index is -0.0894. The normalized spacial score (nSPS) is 10.3. The second-order valence-corrected chi connectivity index (χ2v) is 9.99. The van der Waals surface area contributed by atoms with E-state index in [-0.39, 0.29) is 16.9 Å². The van der Waals surface area contributed by atoms with E-state index in [1.807, 2.05) is 30.3 Å². The summed E-state index contributed by atoms with van der Waals surface area (Å²) in [4.78, 5) is 23.4. The van der Waals surface area contributed by atoms with Gasteiger partial charge in [-0.3, -0.25) is 9.59 Å². The highest BCUT2D eigenvalue weighted by molar-refractivity contribution is 9.09.